The van der Waals surface area contributed by atoms with Crippen LogP contribution in [0.2, 0.25) is 0 Å². The van der Waals surface area contributed by atoms with Crippen molar-refractivity contribution in [1.82, 2.24) is 5.32 Å². The van der Waals surface area contributed by atoms with E-state index in [2.05, 4.69) is 51.2 Å². The molecule has 0 aliphatic heterocycles. The van der Waals surface area contributed by atoms with Crippen molar-refractivity contribution in [3.05, 3.63) is 29.8 Å². The van der Waals surface area contributed by atoms with Crippen molar-refractivity contribution in [3.8, 4) is 5.75 Å². The highest BCUT2D eigenvalue weighted by Crippen LogP contribution is 2.39. The molecule has 0 saturated heterocycles. The molecule has 1 aromatic rings. The van der Waals surface area contributed by atoms with E-state index < -0.39 is 0 Å². The SMILES string of the molecule is COc1ccccc1[C@H](C)NC1CCCCC1C(C)(C)C. The van der Waals surface area contributed by atoms with Crippen LogP contribution in [0.1, 0.15) is 65.0 Å². The van der Waals surface area contributed by atoms with Gasteiger partial charge in [0, 0.05) is 17.6 Å². The number of rotatable bonds is 4. The Hall–Kier alpha value is -1.02. The highest BCUT2D eigenvalue weighted by molar-refractivity contribution is 5.35. The zero-order chi connectivity index (χ0) is 15.5. The first-order chi connectivity index (χ1) is 9.93. The zero-order valence-electron chi connectivity index (χ0n) is 14.3. The fraction of sp³-hybridized carbons (Fsp3) is 0.684. The Balaban J connectivity index is 2.11. The van der Waals surface area contributed by atoms with Crippen molar-refractivity contribution >= 4 is 0 Å². The van der Waals surface area contributed by atoms with Gasteiger partial charge in [0.1, 0.15) is 5.75 Å². The van der Waals surface area contributed by atoms with Crippen molar-refractivity contribution < 1.29 is 4.74 Å². The van der Waals surface area contributed by atoms with Gasteiger partial charge in [-0.25, -0.2) is 0 Å². The van der Waals surface area contributed by atoms with Crippen LogP contribution in [-0.4, -0.2) is 13.2 Å². The van der Waals surface area contributed by atoms with Gasteiger partial charge in [0.15, 0.2) is 0 Å². The molecule has 1 fully saturated rings. The molecule has 1 saturated carbocycles. The summed E-state index contributed by atoms with van der Waals surface area (Å²) in [6.45, 7) is 9.40. The first-order valence-corrected chi connectivity index (χ1v) is 8.32. The number of para-hydroxylation sites is 1. The van der Waals surface area contributed by atoms with Gasteiger partial charge in [0.25, 0.3) is 0 Å². The normalized spacial score (nSPS) is 24.6. The molecule has 21 heavy (non-hydrogen) atoms. The van der Waals surface area contributed by atoms with Crippen LogP contribution in [0.4, 0.5) is 0 Å². The van der Waals surface area contributed by atoms with Crippen LogP contribution < -0.4 is 10.1 Å². The third-order valence-electron chi connectivity index (χ3n) is 4.95. The Morgan fingerprint density at radius 3 is 2.48 bits per heavy atom. The van der Waals surface area contributed by atoms with E-state index in [4.69, 9.17) is 4.74 Å². The molecule has 1 aliphatic carbocycles. The van der Waals surface area contributed by atoms with E-state index in [0.717, 1.165) is 11.7 Å². The molecule has 0 spiro atoms. The molecule has 0 bridgehead atoms. The lowest BCUT2D eigenvalue weighted by molar-refractivity contribution is 0.124. The molecule has 3 atom stereocenters. The Bertz CT molecular complexity index is 449. The molecule has 1 aromatic carbocycles. The maximum atomic E-state index is 5.51. The predicted octanol–water partition coefficient (Wildman–Crippen LogP) is 4.95. The standard InChI is InChI=1S/C19H31NO/c1-14(15-10-6-9-13-18(15)21-5)20-17-12-8-7-11-16(17)19(2,3)4/h6,9-10,13-14,16-17,20H,7-8,11-12H2,1-5H3/t14-,16?,17?/m0/s1. The molecular weight excluding hydrogens is 258 g/mol. The molecule has 0 amide bonds. The third kappa shape index (κ3) is 4.00. The van der Waals surface area contributed by atoms with Crippen LogP contribution in [0.5, 0.6) is 5.75 Å². The summed E-state index contributed by atoms with van der Waals surface area (Å²) in [5, 5.41) is 3.89. The van der Waals surface area contributed by atoms with E-state index in [-0.39, 0.29) is 0 Å². The predicted molar refractivity (Wildman–Crippen MR) is 89.7 cm³/mol. The maximum Gasteiger partial charge on any atom is 0.123 e. The highest BCUT2D eigenvalue weighted by Gasteiger charge is 2.34. The van der Waals surface area contributed by atoms with E-state index >= 15 is 0 Å². The lowest BCUT2D eigenvalue weighted by Gasteiger charge is -2.42. The molecule has 2 rings (SSSR count). The summed E-state index contributed by atoms with van der Waals surface area (Å²) in [4.78, 5) is 0. The number of benzene rings is 1. The largest absolute Gasteiger partial charge is 0.496 e. The molecule has 2 nitrogen and oxygen atoms in total. The first-order valence-electron chi connectivity index (χ1n) is 8.32. The lowest BCUT2D eigenvalue weighted by atomic mass is 9.69. The van der Waals surface area contributed by atoms with Crippen molar-refractivity contribution in [1.29, 1.82) is 0 Å². The third-order valence-corrected chi connectivity index (χ3v) is 4.95. The second-order valence-corrected chi connectivity index (χ2v) is 7.49. The average molecular weight is 289 g/mol. The first kappa shape index (κ1) is 16.4. The Kier molecular flexibility index (Phi) is 5.32. The molecule has 0 radical (unpaired) electrons. The van der Waals surface area contributed by atoms with Crippen molar-refractivity contribution in [3.63, 3.8) is 0 Å². The summed E-state index contributed by atoms with van der Waals surface area (Å²) in [6, 6.07) is 9.29. The van der Waals surface area contributed by atoms with Gasteiger partial charge in [-0.2, -0.15) is 0 Å². The van der Waals surface area contributed by atoms with Gasteiger partial charge < -0.3 is 10.1 Å². The van der Waals surface area contributed by atoms with E-state index in [1.807, 2.05) is 6.07 Å². The van der Waals surface area contributed by atoms with Gasteiger partial charge >= 0.3 is 0 Å². The summed E-state index contributed by atoms with van der Waals surface area (Å²) >= 11 is 0. The number of hydrogen-bond donors (Lipinski definition) is 1. The van der Waals surface area contributed by atoms with Crippen LogP contribution >= 0.6 is 0 Å². The van der Waals surface area contributed by atoms with Crippen molar-refractivity contribution in [2.24, 2.45) is 11.3 Å². The molecule has 1 aliphatic rings. The number of methoxy groups -OCH3 is 1. The Labute approximate surface area is 130 Å². The van der Waals surface area contributed by atoms with Gasteiger partial charge in [0.05, 0.1) is 7.11 Å². The molecule has 0 aromatic heterocycles. The number of hydrogen-bond acceptors (Lipinski definition) is 2. The van der Waals surface area contributed by atoms with Gasteiger partial charge in [-0.15, -0.1) is 0 Å². The molecular formula is C19H31NO. The quantitative estimate of drug-likeness (QED) is 0.846. The summed E-state index contributed by atoms with van der Waals surface area (Å²) in [7, 11) is 1.75. The van der Waals surface area contributed by atoms with Crippen LogP contribution in [0.25, 0.3) is 0 Å². The smallest absolute Gasteiger partial charge is 0.123 e. The Morgan fingerprint density at radius 1 is 1.14 bits per heavy atom. The van der Waals surface area contributed by atoms with E-state index in [9.17, 15) is 0 Å². The molecule has 1 N–H and O–H groups in total. The van der Waals surface area contributed by atoms with E-state index in [0.29, 0.717) is 17.5 Å². The van der Waals surface area contributed by atoms with Gasteiger partial charge in [0.2, 0.25) is 0 Å². The summed E-state index contributed by atoms with van der Waals surface area (Å²) in [6.07, 6.45) is 5.37. The van der Waals surface area contributed by atoms with Gasteiger partial charge in [-0.1, -0.05) is 51.8 Å². The van der Waals surface area contributed by atoms with Crippen LogP contribution in [0, 0.1) is 11.3 Å². The van der Waals surface area contributed by atoms with E-state index in [1.54, 1.807) is 7.11 Å². The molecule has 2 heteroatoms. The minimum Gasteiger partial charge on any atom is -0.496 e. The van der Waals surface area contributed by atoms with Gasteiger partial charge in [-0.3, -0.25) is 0 Å². The van der Waals surface area contributed by atoms with Crippen LogP contribution in [0.15, 0.2) is 24.3 Å². The number of ether oxygens (including phenoxy) is 1. The maximum absolute atomic E-state index is 5.51. The van der Waals surface area contributed by atoms with Crippen LogP contribution in [-0.2, 0) is 0 Å². The summed E-state index contributed by atoms with van der Waals surface area (Å²) < 4.78 is 5.51. The topological polar surface area (TPSA) is 21.3 Å². The zero-order valence-corrected chi connectivity index (χ0v) is 14.3. The minimum atomic E-state index is 0.328. The molecule has 118 valence electrons. The van der Waals surface area contributed by atoms with E-state index in [1.165, 1.54) is 31.2 Å². The molecule has 0 heterocycles. The highest BCUT2D eigenvalue weighted by atomic mass is 16.5. The van der Waals surface area contributed by atoms with Crippen molar-refractivity contribution in [2.75, 3.05) is 7.11 Å². The second kappa shape index (κ2) is 6.83. The summed E-state index contributed by atoms with van der Waals surface area (Å²) in [5.74, 6) is 1.74. The van der Waals surface area contributed by atoms with Gasteiger partial charge in [-0.05, 0) is 37.2 Å². The monoisotopic (exact) mass is 289 g/mol. The minimum absolute atomic E-state index is 0.328. The fourth-order valence-electron chi connectivity index (χ4n) is 3.80. The number of nitrogens with one attached hydrogen (secondary N) is 1. The fourth-order valence-corrected chi connectivity index (χ4v) is 3.80. The van der Waals surface area contributed by atoms with Crippen LogP contribution in [0.3, 0.4) is 0 Å². The van der Waals surface area contributed by atoms with Crippen molar-refractivity contribution in [2.45, 2.75) is 65.5 Å². The lowest BCUT2D eigenvalue weighted by Crippen LogP contribution is -2.45. The average Bonchev–Trinajstić information content (AvgIpc) is 2.46. The second-order valence-electron chi connectivity index (χ2n) is 7.49. The molecule has 2 unspecified atom stereocenters. The Morgan fingerprint density at radius 2 is 1.81 bits per heavy atom. The summed E-state index contributed by atoms with van der Waals surface area (Å²) in [5.41, 5.74) is 1.64.